The highest BCUT2D eigenvalue weighted by atomic mass is 32.1. The minimum absolute atomic E-state index is 0.177. The molecule has 0 unspecified atom stereocenters. The maximum Gasteiger partial charge on any atom is 0.241 e. The van der Waals surface area contributed by atoms with E-state index in [4.69, 9.17) is 17.0 Å². The first-order chi connectivity index (χ1) is 12.9. The molecule has 1 rings (SSSR count). The molecule has 0 radical (unpaired) electrons. The van der Waals surface area contributed by atoms with Crippen molar-refractivity contribution < 1.29 is 14.6 Å². The zero-order chi connectivity index (χ0) is 20.1. The van der Waals surface area contributed by atoms with Gasteiger partial charge in [-0.3, -0.25) is 15.6 Å². The molecular formula is C20H33N3O3S. The van der Waals surface area contributed by atoms with Crippen LogP contribution >= 0.6 is 12.2 Å². The number of amides is 1. The van der Waals surface area contributed by atoms with E-state index in [1.807, 2.05) is 30.3 Å². The quantitative estimate of drug-likeness (QED) is 0.340. The van der Waals surface area contributed by atoms with E-state index in [1.165, 1.54) is 0 Å². The molecule has 0 saturated heterocycles. The maximum absolute atomic E-state index is 12.5. The Morgan fingerprint density at radius 2 is 1.89 bits per heavy atom. The summed E-state index contributed by atoms with van der Waals surface area (Å²) in [5.74, 6) is -0.0584. The number of benzene rings is 1. The van der Waals surface area contributed by atoms with E-state index in [0.717, 1.165) is 18.5 Å². The average Bonchev–Trinajstić information content (AvgIpc) is 2.63. The Morgan fingerprint density at radius 3 is 2.52 bits per heavy atom. The van der Waals surface area contributed by atoms with Gasteiger partial charge in [0.15, 0.2) is 5.11 Å². The van der Waals surface area contributed by atoms with Gasteiger partial charge in [0.1, 0.15) is 0 Å². The fourth-order valence-electron chi connectivity index (χ4n) is 2.55. The van der Waals surface area contributed by atoms with Crippen molar-refractivity contribution >= 4 is 28.9 Å². The van der Waals surface area contributed by atoms with E-state index in [0.29, 0.717) is 30.5 Å². The van der Waals surface area contributed by atoms with Gasteiger partial charge in [-0.25, -0.2) is 0 Å². The van der Waals surface area contributed by atoms with Crippen molar-refractivity contribution in [2.45, 2.75) is 52.6 Å². The third kappa shape index (κ3) is 10.9. The first-order valence-corrected chi connectivity index (χ1v) is 10.0. The van der Waals surface area contributed by atoms with Crippen molar-refractivity contribution in [2.75, 3.05) is 18.5 Å². The lowest BCUT2D eigenvalue weighted by atomic mass is 9.95. The molecule has 0 aliphatic carbocycles. The van der Waals surface area contributed by atoms with Crippen molar-refractivity contribution in [3.8, 4) is 0 Å². The Hall–Kier alpha value is -1.70. The Labute approximate surface area is 168 Å². The van der Waals surface area contributed by atoms with Crippen LogP contribution in [0.5, 0.6) is 0 Å². The molecule has 0 fully saturated rings. The van der Waals surface area contributed by atoms with Crippen molar-refractivity contribution in [3.05, 3.63) is 30.3 Å². The predicted molar refractivity (Wildman–Crippen MR) is 113 cm³/mol. The van der Waals surface area contributed by atoms with Gasteiger partial charge in [-0.2, -0.15) is 0 Å². The molecule has 1 aromatic rings. The van der Waals surface area contributed by atoms with E-state index >= 15 is 0 Å². The summed E-state index contributed by atoms with van der Waals surface area (Å²) in [5, 5.41) is 13.5. The number of hydrogen-bond donors (Lipinski definition) is 4. The smallest absolute Gasteiger partial charge is 0.241 e. The van der Waals surface area contributed by atoms with Crippen molar-refractivity contribution in [1.29, 1.82) is 0 Å². The highest BCUT2D eigenvalue weighted by Crippen LogP contribution is 2.16. The van der Waals surface area contributed by atoms with Crippen LogP contribution < -0.4 is 16.2 Å². The van der Waals surface area contributed by atoms with Crippen molar-refractivity contribution in [2.24, 2.45) is 11.8 Å². The molecule has 6 nitrogen and oxygen atoms in total. The van der Waals surface area contributed by atoms with E-state index in [9.17, 15) is 9.90 Å². The fraction of sp³-hybridized carbons (Fsp3) is 0.600. The molecule has 0 saturated carbocycles. The number of unbranched alkanes of at least 4 members (excludes halogenated alkanes) is 1. The van der Waals surface area contributed by atoms with Crippen LogP contribution in [0.15, 0.2) is 30.3 Å². The van der Waals surface area contributed by atoms with Gasteiger partial charge in [0, 0.05) is 18.2 Å². The van der Waals surface area contributed by atoms with Crippen LogP contribution in [0, 0.1) is 11.8 Å². The van der Waals surface area contributed by atoms with Gasteiger partial charge in [0.25, 0.3) is 0 Å². The van der Waals surface area contributed by atoms with Gasteiger partial charge in [-0.1, -0.05) is 51.8 Å². The first kappa shape index (κ1) is 23.3. The molecule has 2 atom stereocenters. The normalized spacial score (nSPS) is 13.1. The average molecular weight is 396 g/mol. The van der Waals surface area contributed by atoms with Gasteiger partial charge >= 0.3 is 0 Å². The van der Waals surface area contributed by atoms with E-state index in [1.54, 1.807) is 0 Å². The van der Waals surface area contributed by atoms with Crippen LogP contribution in [-0.4, -0.2) is 35.4 Å². The van der Waals surface area contributed by atoms with Gasteiger partial charge in [-0.05, 0) is 43.1 Å². The molecule has 0 aromatic heterocycles. The van der Waals surface area contributed by atoms with Gasteiger partial charge in [0.05, 0.1) is 12.7 Å². The number of carbonyl (C=O) groups is 1. The molecule has 0 aliphatic rings. The summed E-state index contributed by atoms with van der Waals surface area (Å²) < 4.78 is 5.48. The summed E-state index contributed by atoms with van der Waals surface area (Å²) in [6.45, 7) is 7.04. The molecule has 0 bridgehead atoms. The molecule has 1 aromatic carbocycles. The summed E-state index contributed by atoms with van der Waals surface area (Å²) in [4.78, 5) is 12.5. The van der Waals surface area contributed by atoms with Crippen LogP contribution in [0.2, 0.25) is 0 Å². The Balaban J connectivity index is 2.44. The number of hydrogen-bond acceptors (Lipinski definition) is 4. The summed E-state index contributed by atoms with van der Waals surface area (Å²) in [5.41, 5.74) is 6.21. The first-order valence-electron chi connectivity index (χ1n) is 9.60. The van der Waals surface area contributed by atoms with Crippen molar-refractivity contribution in [1.82, 2.24) is 10.9 Å². The number of aliphatic hydroxyl groups is 1. The topological polar surface area (TPSA) is 82.6 Å². The molecule has 1 amide bonds. The molecule has 0 heterocycles. The molecular weight excluding hydrogens is 362 g/mol. The number of thiocarbonyl (C=S) groups is 1. The zero-order valence-corrected chi connectivity index (χ0v) is 17.3. The largest absolute Gasteiger partial charge is 0.391 e. The lowest BCUT2D eigenvalue weighted by Crippen LogP contribution is -2.47. The fourth-order valence-corrected chi connectivity index (χ4v) is 2.72. The van der Waals surface area contributed by atoms with Crippen LogP contribution in [0.25, 0.3) is 0 Å². The minimum Gasteiger partial charge on any atom is -0.391 e. The number of rotatable bonds is 11. The summed E-state index contributed by atoms with van der Waals surface area (Å²) in [7, 11) is 0. The predicted octanol–water partition coefficient (Wildman–Crippen LogP) is 3.23. The SMILES string of the molecule is CCCC[C@H](C[C@@H](O)COCC(C)C)C(=O)NNC(=S)Nc1ccccc1. The molecule has 7 heteroatoms. The molecule has 0 aliphatic heterocycles. The standard InChI is InChI=1S/C20H33N3O3S/c1-4-5-9-16(12-18(24)14-26-13-15(2)3)19(25)22-23-20(27)21-17-10-7-6-8-11-17/h6-8,10-11,15-16,18,24H,4-5,9,12-14H2,1-3H3,(H,22,25)(H2,21,23,27)/t16-,18-/m1/s1. The highest BCUT2D eigenvalue weighted by Gasteiger charge is 2.22. The van der Waals surface area contributed by atoms with Gasteiger partial charge < -0.3 is 15.2 Å². The second-order valence-corrected chi connectivity index (χ2v) is 7.50. The second kappa shape index (κ2) is 13.5. The lowest BCUT2D eigenvalue weighted by Gasteiger charge is -2.21. The summed E-state index contributed by atoms with van der Waals surface area (Å²) in [6, 6.07) is 9.47. The third-order valence-corrected chi connectivity index (χ3v) is 4.13. The van der Waals surface area contributed by atoms with Gasteiger partial charge in [-0.15, -0.1) is 0 Å². The Kier molecular flexibility index (Phi) is 11.6. The van der Waals surface area contributed by atoms with Crippen LogP contribution in [0.3, 0.4) is 0 Å². The molecule has 27 heavy (non-hydrogen) atoms. The Morgan fingerprint density at radius 1 is 1.19 bits per heavy atom. The van der Waals surface area contributed by atoms with E-state index < -0.39 is 6.10 Å². The van der Waals surface area contributed by atoms with E-state index in [2.05, 4.69) is 36.9 Å². The highest BCUT2D eigenvalue weighted by molar-refractivity contribution is 7.80. The van der Waals surface area contributed by atoms with Crippen molar-refractivity contribution in [3.63, 3.8) is 0 Å². The number of carbonyl (C=O) groups excluding carboxylic acids is 1. The zero-order valence-electron chi connectivity index (χ0n) is 16.5. The summed E-state index contributed by atoms with van der Waals surface area (Å²) in [6.07, 6.45) is 2.33. The van der Waals surface area contributed by atoms with Gasteiger partial charge in [0.2, 0.25) is 5.91 Å². The second-order valence-electron chi connectivity index (χ2n) is 7.09. The lowest BCUT2D eigenvalue weighted by molar-refractivity contribution is -0.127. The number of anilines is 1. The summed E-state index contributed by atoms with van der Waals surface area (Å²) >= 11 is 5.19. The molecule has 4 N–H and O–H groups in total. The molecule has 152 valence electrons. The van der Waals surface area contributed by atoms with Crippen LogP contribution in [-0.2, 0) is 9.53 Å². The maximum atomic E-state index is 12.5. The number of ether oxygens (including phenoxy) is 1. The Bertz CT molecular complexity index is 555. The van der Waals surface area contributed by atoms with Crippen LogP contribution in [0.1, 0.15) is 46.5 Å². The number of nitrogens with one attached hydrogen (secondary N) is 3. The number of aliphatic hydroxyl groups excluding tert-OH is 1. The van der Waals surface area contributed by atoms with E-state index in [-0.39, 0.29) is 18.4 Å². The number of para-hydroxylation sites is 1. The molecule has 0 spiro atoms. The minimum atomic E-state index is -0.661. The third-order valence-electron chi connectivity index (χ3n) is 3.93. The monoisotopic (exact) mass is 395 g/mol. The van der Waals surface area contributed by atoms with Crippen LogP contribution in [0.4, 0.5) is 5.69 Å². The number of hydrazine groups is 1.